The minimum Gasteiger partial charge on any atom is -0.369 e. The van der Waals surface area contributed by atoms with Crippen LogP contribution in [0.3, 0.4) is 0 Å². The number of rotatable bonds is 4. The number of halogens is 2. The first-order valence-corrected chi connectivity index (χ1v) is 10.5. The predicted octanol–water partition coefficient (Wildman–Crippen LogP) is 4.55. The summed E-state index contributed by atoms with van der Waals surface area (Å²) in [4.78, 5) is 0. The third-order valence-electron chi connectivity index (χ3n) is 2.87. The van der Waals surface area contributed by atoms with Crippen LogP contribution in [0.4, 0.5) is 0 Å². The summed E-state index contributed by atoms with van der Waals surface area (Å²) in [6.07, 6.45) is 7.13. The van der Waals surface area contributed by atoms with Crippen LogP contribution in [0.2, 0.25) is 6.55 Å². The molecule has 1 atom stereocenters. The van der Waals surface area contributed by atoms with Crippen LogP contribution in [0, 0.1) is 0 Å². The van der Waals surface area contributed by atoms with Gasteiger partial charge in [-0.2, -0.15) is 0 Å². The Morgan fingerprint density at radius 2 is 2.00 bits per heavy atom. The zero-order chi connectivity index (χ0) is 13.0. The molecule has 0 radical (unpaired) electrons. The molecule has 4 heteroatoms. The van der Waals surface area contributed by atoms with Crippen LogP contribution >= 0.6 is 22.2 Å². The van der Waals surface area contributed by atoms with Crippen LogP contribution in [0.25, 0.3) is 0 Å². The van der Waals surface area contributed by atoms with Gasteiger partial charge < -0.3 is 4.74 Å². The van der Waals surface area contributed by atoms with Crippen molar-refractivity contribution < 1.29 is 4.74 Å². The molecule has 96 valence electrons. The monoisotopic (exact) mass is 298 g/mol. The Morgan fingerprint density at radius 3 is 2.56 bits per heavy atom. The smallest absolute Gasteiger partial charge is 0.277 e. The summed E-state index contributed by atoms with van der Waals surface area (Å²) in [5, 5.41) is 1.07. The lowest BCUT2D eigenvalue weighted by Gasteiger charge is -2.20. The van der Waals surface area contributed by atoms with Gasteiger partial charge in [-0.25, -0.2) is 0 Å². The maximum Gasteiger partial charge on any atom is 0.277 e. The van der Waals surface area contributed by atoms with E-state index in [9.17, 15) is 0 Å². The molecule has 0 saturated carbocycles. The number of allylic oxidation sites excluding steroid dienone is 2. The number of hydrogen-bond acceptors (Lipinski definition) is 1. The van der Waals surface area contributed by atoms with Gasteiger partial charge in [0.05, 0.1) is 12.7 Å². The summed E-state index contributed by atoms with van der Waals surface area (Å²) in [6, 6.07) is 10.2. The van der Waals surface area contributed by atoms with E-state index in [1.165, 1.54) is 5.56 Å². The van der Waals surface area contributed by atoms with Crippen molar-refractivity contribution in [1.29, 1.82) is 0 Å². The standard InChI is InChI=1S/C14H16Cl2OSi/c1-18(15,16)14-9-7-13(8-10-14)17-11-12-5-3-2-4-6-12/h2-7,9-10,13H,8,11H2,1H3. The number of ether oxygens (including phenoxy) is 1. The fourth-order valence-corrected chi connectivity index (χ4v) is 3.53. The third kappa shape index (κ3) is 3.99. The van der Waals surface area contributed by atoms with Crippen molar-refractivity contribution in [2.45, 2.75) is 25.7 Å². The molecule has 1 aromatic rings. The summed E-state index contributed by atoms with van der Waals surface area (Å²) < 4.78 is 5.83. The topological polar surface area (TPSA) is 9.23 Å². The van der Waals surface area contributed by atoms with E-state index < -0.39 is 6.69 Å². The first-order chi connectivity index (χ1) is 8.55. The summed E-state index contributed by atoms with van der Waals surface area (Å²) >= 11 is 12.4. The van der Waals surface area contributed by atoms with Crippen LogP contribution in [-0.4, -0.2) is 12.8 Å². The van der Waals surface area contributed by atoms with Crippen molar-refractivity contribution in [1.82, 2.24) is 0 Å². The molecule has 1 unspecified atom stereocenters. The molecule has 0 N–H and O–H groups in total. The maximum atomic E-state index is 6.18. The normalized spacial score (nSPS) is 19.7. The average Bonchev–Trinajstić information content (AvgIpc) is 2.37. The highest BCUT2D eigenvalue weighted by Crippen LogP contribution is 2.28. The Labute approximate surface area is 118 Å². The van der Waals surface area contributed by atoms with Crippen LogP contribution in [-0.2, 0) is 11.3 Å². The lowest BCUT2D eigenvalue weighted by molar-refractivity contribution is 0.0732. The zero-order valence-corrected chi connectivity index (χ0v) is 12.8. The average molecular weight is 299 g/mol. The highest BCUT2D eigenvalue weighted by molar-refractivity contribution is 7.48. The number of benzene rings is 1. The first-order valence-electron chi connectivity index (χ1n) is 5.98. The molecule has 0 amide bonds. The zero-order valence-electron chi connectivity index (χ0n) is 10.3. The van der Waals surface area contributed by atoms with Gasteiger partial charge in [0.25, 0.3) is 6.69 Å². The summed E-state index contributed by atoms with van der Waals surface area (Å²) in [5.41, 5.74) is 1.19. The molecule has 1 aliphatic carbocycles. The Hall–Kier alpha value is -0.543. The molecule has 0 heterocycles. The van der Waals surface area contributed by atoms with E-state index in [4.69, 9.17) is 26.9 Å². The fourth-order valence-electron chi connectivity index (χ4n) is 1.83. The molecule has 1 nitrogen and oxygen atoms in total. The van der Waals surface area contributed by atoms with Gasteiger partial charge in [-0.15, -0.1) is 22.2 Å². The second kappa shape index (κ2) is 6.07. The molecular formula is C14H16Cl2OSi. The fraction of sp³-hybridized carbons (Fsp3) is 0.286. The van der Waals surface area contributed by atoms with Gasteiger partial charge in [0.15, 0.2) is 0 Å². The van der Waals surface area contributed by atoms with Gasteiger partial charge in [0.1, 0.15) is 0 Å². The van der Waals surface area contributed by atoms with Crippen molar-refractivity contribution in [3.63, 3.8) is 0 Å². The highest BCUT2D eigenvalue weighted by atomic mass is 35.7. The van der Waals surface area contributed by atoms with Crippen molar-refractivity contribution >= 4 is 28.9 Å². The molecule has 2 rings (SSSR count). The quantitative estimate of drug-likeness (QED) is 0.585. The van der Waals surface area contributed by atoms with Crippen LogP contribution in [0.15, 0.2) is 53.8 Å². The molecule has 0 aromatic heterocycles. The van der Waals surface area contributed by atoms with E-state index in [2.05, 4.69) is 18.2 Å². The van der Waals surface area contributed by atoms with Crippen molar-refractivity contribution in [2.24, 2.45) is 0 Å². The van der Waals surface area contributed by atoms with Gasteiger partial charge >= 0.3 is 0 Å². The van der Waals surface area contributed by atoms with Crippen LogP contribution in [0.1, 0.15) is 12.0 Å². The molecule has 0 bridgehead atoms. The summed E-state index contributed by atoms with van der Waals surface area (Å²) in [7, 11) is 0. The molecule has 0 fully saturated rings. The van der Waals surface area contributed by atoms with E-state index in [0.29, 0.717) is 6.61 Å². The second-order valence-corrected chi connectivity index (χ2v) is 11.9. The molecular weight excluding hydrogens is 283 g/mol. The Kier molecular flexibility index (Phi) is 4.68. The van der Waals surface area contributed by atoms with Crippen LogP contribution < -0.4 is 0 Å². The molecule has 0 spiro atoms. The first kappa shape index (κ1) is 13.9. The summed E-state index contributed by atoms with van der Waals surface area (Å²) in [6.45, 7) is 0.339. The van der Waals surface area contributed by atoms with Crippen LogP contribution in [0.5, 0.6) is 0 Å². The van der Waals surface area contributed by atoms with Crippen molar-refractivity contribution in [3.8, 4) is 0 Å². The summed E-state index contributed by atoms with van der Waals surface area (Å²) in [5.74, 6) is 0. The largest absolute Gasteiger partial charge is 0.369 e. The Morgan fingerprint density at radius 1 is 1.28 bits per heavy atom. The van der Waals surface area contributed by atoms with Gasteiger partial charge in [-0.1, -0.05) is 48.6 Å². The number of hydrogen-bond donors (Lipinski definition) is 0. The lowest BCUT2D eigenvalue weighted by atomic mass is 10.1. The van der Waals surface area contributed by atoms with Crippen molar-refractivity contribution in [2.75, 3.05) is 0 Å². The molecule has 0 aliphatic heterocycles. The Bertz CT molecular complexity index is 449. The minimum atomic E-state index is -2.21. The van der Waals surface area contributed by atoms with E-state index >= 15 is 0 Å². The highest BCUT2D eigenvalue weighted by Gasteiger charge is 2.26. The molecule has 18 heavy (non-hydrogen) atoms. The molecule has 1 aliphatic rings. The SMILES string of the molecule is C[Si](Cl)(Cl)C1=CCC(OCc2ccccc2)C=C1. The van der Waals surface area contributed by atoms with E-state index in [1.807, 2.05) is 36.9 Å². The van der Waals surface area contributed by atoms with E-state index in [-0.39, 0.29) is 6.10 Å². The predicted molar refractivity (Wildman–Crippen MR) is 80.2 cm³/mol. The molecule has 1 aromatic carbocycles. The minimum absolute atomic E-state index is 0.124. The van der Waals surface area contributed by atoms with Gasteiger partial charge in [0.2, 0.25) is 0 Å². The van der Waals surface area contributed by atoms with Gasteiger partial charge in [0, 0.05) is 0 Å². The molecule has 0 saturated heterocycles. The van der Waals surface area contributed by atoms with E-state index in [1.54, 1.807) is 0 Å². The Balaban J connectivity index is 1.85. The third-order valence-corrected chi connectivity index (χ3v) is 5.57. The van der Waals surface area contributed by atoms with Gasteiger partial charge in [-0.3, -0.25) is 0 Å². The second-order valence-electron chi connectivity index (χ2n) is 4.48. The lowest BCUT2D eigenvalue weighted by Crippen LogP contribution is -2.20. The van der Waals surface area contributed by atoms with Crippen molar-refractivity contribution in [3.05, 3.63) is 59.3 Å². The maximum absolute atomic E-state index is 6.18. The van der Waals surface area contributed by atoms with E-state index in [0.717, 1.165) is 11.6 Å². The van der Waals surface area contributed by atoms with Gasteiger partial charge in [-0.05, 0) is 23.7 Å².